The van der Waals surface area contributed by atoms with Gasteiger partial charge < -0.3 is 5.32 Å². The van der Waals surface area contributed by atoms with Gasteiger partial charge in [0.2, 0.25) is 5.82 Å². The van der Waals surface area contributed by atoms with Crippen LogP contribution in [0.15, 0.2) is 54.6 Å². The number of hydrogen-bond acceptors (Lipinski definition) is 4. The highest BCUT2D eigenvalue weighted by atomic mass is 15.5. The minimum atomic E-state index is 0.608. The van der Waals surface area contributed by atoms with Gasteiger partial charge in [-0.2, -0.15) is 5.21 Å². The smallest absolute Gasteiger partial charge is 0.204 e. The molecule has 0 saturated heterocycles. The average Bonchev–Trinajstić information content (AvgIpc) is 3.03. The van der Waals surface area contributed by atoms with E-state index in [0.29, 0.717) is 5.82 Å². The predicted molar refractivity (Wildman–Crippen MR) is 78.2 cm³/mol. The van der Waals surface area contributed by atoms with Crippen LogP contribution in [-0.4, -0.2) is 27.2 Å². The molecule has 2 N–H and O–H groups in total. The Kier molecular flexibility index (Phi) is 3.68. The number of H-pyrrole nitrogens is 1. The van der Waals surface area contributed by atoms with Gasteiger partial charge in [-0.3, -0.25) is 0 Å². The van der Waals surface area contributed by atoms with Crippen LogP contribution in [0.25, 0.3) is 11.4 Å². The topological polar surface area (TPSA) is 66.5 Å². The van der Waals surface area contributed by atoms with Crippen LogP contribution in [0.5, 0.6) is 0 Å². The fraction of sp³-hybridized carbons (Fsp3) is 0.133. The van der Waals surface area contributed by atoms with Gasteiger partial charge in [0.25, 0.3) is 0 Å². The summed E-state index contributed by atoms with van der Waals surface area (Å²) in [5, 5.41) is 17.4. The minimum absolute atomic E-state index is 0.608. The van der Waals surface area contributed by atoms with Gasteiger partial charge in [-0.1, -0.05) is 42.5 Å². The van der Waals surface area contributed by atoms with Gasteiger partial charge in [0.05, 0.1) is 0 Å². The van der Waals surface area contributed by atoms with E-state index in [9.17, 15) is 0 Å². The van der Waals surface area contributed by atoms with E-state index in [2.05, 4.69) is 50.2 Å². The highest BCUT2D eigenvalue weighted by Crippen LogP contribution is 2.18. The Bertz CT molecular complexity index is 649. The SMILES string of the molecule is c1ccc(CCNc2cccc(-c3nn[nH]n3)c2)cc1. The van der Waals surface area contributed by atoms with Crippen molar-refractivity contribution in [3.8, 4) is 11.4 Å². The number of rotatable bonds is 5. The van der Waals surface area contributed by atoms with E-state index in [0.717, 1.165) is 24.2 Å². The standard InChI is InChI=1S/C15H15N5/c1-2-5-12(6-3-1)9-10-16-14-8-4-7-13(11-14)15-17-19-20-18-15/h1-8,11,16H,9-10H2,(H,17,18,19,20). The lowest BCUT2D eigenvalue weighted by Crippen LogP contribution is -2.04. The molecule has 0 atom stereocenters. The van der Waals surface area contributed by atoms with Crippen LogP contribution in [-0.2, 0) is 6.42 Å². The molecule has 0 fully saturated rings. The summed E-state index contributed by atoms with van der Waals surface area (Å²) in [4.78, 5) is 0. The van der Waals surface area contributed by atoms with Crippen molar-refractivity contribution >= 4 is 5.69 Å². The lowest BCUT2D eigenvalue weighted by molar-refractivity contribution is 0.881. The van der Waals surface area contributed by atoms with E-state index in [1.807, 2.05) is 30.3 Å². The summed E-state index contributed by atoms with van der Waals surface area (Å²) in [5.74, 6) is 0.608. The fourth-order valence-corrected chi connectivity index (χ4v) is 2.05. The second kappa shape index (κ2) is 5.97. The molecule has 0 aliphatic carbocycles. The Morgan fingerprint density at radius 1 is 1.00 bits per heavy atom. The minimum Gasteiger partial charge on any atom is -0.385 e. The summed E-state index contributed by atoms with van der Waals surface area (Å²) in [6, 6.07) is 18.4. The molecule has 5 heteroatoms. The highest BCUT2D eigenvalue weighted by molar-refractivity contribution is 5.61. The van der Waals surface area contributed by atoms with Crippen LogP contribution >= 0.6 is 0 Å². The Morgan fingerprint density at radius 2 is 1.90 bits per heavy atom. The van der Waals surface area contributed by atoms with Crippen LogP contribution < -0.4 is 5.32 Å². The van der Waals surface area contributed by atoms with E-state index in [4.69, 9.17) is 0 Å². The Labute approximate surface area is 117 Å². The van der Waals surface area contributed by atoms with E-state index in [-0.39, 0.29) is 0 Å². The number of aromatic amines is 1. The maximum absolute atomic E-state index is 3.98. The average molecular weight is 265 g/mol. The molecule has 100 valence electrons. The van der Waals surface area contributed by atoms with Crippen LogP contribution in [0.2, 0.25) is 0 Å². The van der Waals surface area contributed by atoms with Crippen molar-refractivity contribution in [3.05, 3.63) is 60.2 Å². The normalized spacial score (nSPS) is 10.4. The molecule has 0 spiro atoms. The monoisotopic (exact) mass is 265 g/mol. The zero-order chi connectivity index (χ0) is 13.6. The molecule has 0 amide bonds. The third-order valence-corrected chi connectivity index (χ3v) is 3.05. The first-order valence-electron chi connectivity index (χ1n) is 6.53. The maximum atomic E-state index is 3.98. The number of tetrazole rings is 1. The molecule has 1 aromatic heterocycles. The molecular formula is C15H15N5. The summed E-state index contributed by atoms with van der Waals surface area (Å²) in [6.07, 6.45) is 0.993. The molecule has 0 unspecified atom stereocenters. The highest BCUT2D eigenvalue weighted by Gasteiger charge is 2.03. The third kappa shape index (κ3) is 3.00. The fourth-order valence-electron chi connectivity index (χ4n) is 2.05. The quantitative estimate of drug-likeness (QED) is 0.744. The Morgan fingerprint density at radius 3 is 2.70 bits per heavy atom. The summed E-state index contributed by atoms with van der Waals surface area (Å²) >= 11 is 0. The van der Waals surface area contributed by atoms with Crippen LogP contribution in [0.4, 0.5) is 5.69 Å². The molecule has 1 heterocycles. The Hall–Kier alpha value is -2.69. The lowest BCUT2D eigenvalue weighted by atomic mass is 10.1. The maximum Gasteiger partial charge on any atom is 0.204 e. The summed E-state index contributed by atoms with van der Waals surface area (Å²) in [7, 11) is 0. The second-order valence-electron chi connectivity index (χ2n) is 4.48. The van der Waals surface area contributed by atoms with Crippen LogP contribution in [0, 0.1) is 0 Å². The second-order valence-corrected chi connectivity index (χ2v) is 4.48. The largest absolute Gasteiger partial charge is 0.385 e. The van der Waals surface area contributed by atoms with Crippen LogP contribution in [0.3, 0.4) is 0 Å². The summed E-state index contributed by atoms with van der Waals surface area (Å²) < 4.78 is 0. The van der Waals surface area contributed by atoms with Gasteiger partial charge in [-0.25, -0.2) is 0 Å². The van der Waals surface area contributed by atoms with Crippen molar-refractivity contribution in [2.75, 3.05) is 11.9 Å². The van der Waals surface area contributed by atoms with Gasteiger partial charge in [-0.05, 0) is 29.3 Å². The molecule has 3 aromatic rings. The van der Waals surface area contributed by atoms with Gasteiger partial charge in [0.15, 0.2) is 0 Å². The van der Waals surface area contributed by atoms with Crippen molar-refractivity contribution < 1.29 is 0 Å². The molecule has 2 aromatic carbocycles. The van der Waals surface area contributed by atoms with E-state index in [1.165, 1.54) is 5.56 Å². The van der Waals surface area contributed by atoms with Gasteiger partial charge in [-0.15, -0.1) is 10.2 Å². The molecule has 20 heavy (non-hydrogen) atoms. The number of aromatic nitrogens is 4. The van der Waals surface area contributed by atoms with Gasteiger partial charge in [0.1, 0.15) is 0 Å². The molecule has 0 radical (unpaired) electrons. The molecule has 3 rings (SSSR count). The third-order valence-electron chi connectivity index (χ3n) is 3.05. The van der Waals surface area contributed by atoms with Crippen molar-refractivity contribution in [2.45, 2.75) is 6.42 Å². The predicted octanol–water partition coefficient (Wildman–Crippen LogP) is 2.52. The van der Waals surface area contributed by atoms with Crippen molar-refractivity contribution in [1.82, 2.24) is 20.6 Å². The zero-order valence-electron chi connectivity index (χ0n) is 11.0. The van der Waals surface area contributed by atoms with Crippen molar-refractivity contribution in [2.24, 2.45) is 0 Å². The van der Waals surface area contributed by atoms with Crippen molar-refractivity contribution in [1.29, 1.82) is 0 Å². The van der Waals surface area contributed by atoms with Gasteiger partial charge >= 0.3 is 0 Å². The van der Waals surface area contributed by atoms with E-state index >= 15 is 0 Å². The van der Waals surface area contributed by atoms with Crippen LogP contribution in [0.1, 0.15) is 5.56 Å². The Balaban J connectivity index is 1.62. The molecule has 5 nitrogen and oxygen atoms in total. The summed E-state index contributed by atoms with van der Waals surface area (Å²) in [5.41, 5.74) is 3.33. The number of nitrogens with one attached hydrogen (secondary N) is 2. The number of hydrogen-bond donors (Lipinski definition) is 2. The molecular weight excluding hydrogens is 250 g/mol. The number of nitrogens with zero attached hydrogens (tertiary/aromatic N) is 3. The number of anilines is 1. The summed E-state index contributed by atoms with van der Waals surface area (Å²) in [6.45, 7) is 0.889. The van der Waals surface area contributed by atoms with E-state index in [1.54, 1.807) is 0 Å². The first-order chi connectivity index (χ1) is 9.92. The van der Waals surface area contributed by atoms with Gasteiger partial charge in [0, 0.05) is 17.8 Å². The first kappa shape index (κ1) is 12.3. The lowest BCUT2D eigenvalue weighted by Gasteiger charge is -2.07. The first-order valence-corrected chi connectivity index (χ1v) is 6.53. The van der Waals surface area contributed by atoms with Crippen molar-refractivity contribution in [3.63, 3.8) is 0 Å². The molecule has 0 saturated carbocycles. The molecule has 0 aliphatic heterocycles. The van der Waals surface area contributed by atoms with E-state index < -0.39 is 0 Å². The number of benzene rings is 2. The molecule has 0 aliphatic rings. The molecule has 0 bridgehead atoms. The zero-order valence-corrected chi connectivity index (χ0v) is 11.0.